The molecule has 1 N–H and O–H groups in total. The molecule has 32 heavy (non-hydrogen) atoms. The fourth-order valence-corrected chi connectivity index (χ4v) is 4.58. The molecule has 0 aromatic carbocycles. The molecule has 9 heteroatoms. The number of hydrogen-bond acceptors (Lipinski definition) is 6. The molecule has 0 aliphatic carbocycles. The fourth-order valence-electron chi connectivity index (χ4n) is 3.66. The quantitative estimate of drug-likeness (QED) is 0.102. The van der Waals surface area contributed by atoms with Crippen molar-refractivity contribution in [1.29, 1.82) is 0 Å². The van der Waals surface area contributed by atoms with E-state index in [-0.39, 0.29) is 42.1 Å². The Morgan fingerprint density at radius 1 is 1.03 bits per heavy atom. The van der Waals surface area contributed by atoms with Gasteiger partial charge in [-0.1, -0.05) is 82.2 Å². The van der Waals surface area contributed by atoms with Gasteiger partial charge in [0.05, 0.1) is 6.61 Å². The van der Waals surface area contributed by atoms with Gasteiger partial charge in [-0.05, 0) is 32.1 Å². The van der Waals surface area contributed by atoms with E-state index in [0.29, 0.717) is 19.4 Å². The van der Waals surface area contributed by atoms with Gasteiger partial charge in [-0.2, -0.15) is 0 Å². The van der Waals surface area contributed by atoms with Crippen molar-refractivity contribution < 1.29 is 58.1 Å². The maximum absolute atomic E-state index is 12.1. The maximum Gasteiger partial charge on any atom is 1.00 e. The number of unbranched alkanes of at least 4 members (excludes halogenated alkanes) is 11. The molecule has 1 heterocycles. The van der Waals surface area contributed by atoms with Crippen molar-refractivity contribution in [2.24, 2.45) is 0 Å². The van der Waals surface area contributed by atoms with E-state index in [1.165, 1.54) is 57.8 Å². The van der Waals surface area contributed by atoms with Gasteiger partial charge < -0.3 is 23.8 Å². The molecule has 1 aliphatic rings. The minimum Gasteiger partial charge on any atom is -0.780 e. The van der Waals surface area contributed by atoms with E-state index < -0.39 is 18.9 Å². The summed E-state index contributed by atoms with van der Waals surface area (Å²) in [5.41, 5.74) is 0. The predicted molar refractivity (Wildman–Crippen MR) is 126 cm³/mol. The first-order valence-corrected chi connectivity index (χ1v) is 14.7. The summed E-state index contributed by atoms with van der Waals surface area (Å²) in [7, 11) is 0. The van der Waals surface area contributed by atoms with Crippen LogP contribution in [0.5, 0.6) is 0 Å². The molecule has 1 unspecified atom stereocenters. The minimum atomic E-state index is -4.04. The van der Waals surface area contributed by atoms with Gasteiger partial charge in [-0.25, -0.2) is 0 Å². The van der Waals surface area contributed by atoms with Gasteiger partial charge in [0.1, 0.15) is 12.8 Å². The molecule has 0 amide bonds. The average molecular weight is 501 g/mol. The van der Waals surface area contributed by atoms with Crippen LogP contribution in [0.1, 0.15) is 103 Å². The zero-order valence-corrected chi connectivity index (χ0v) is 23.9. The van der Waals surface area contributed by atoms with Crippen LogP contribution in [-0.4, -0.2) is 36.3 Å². The van der Waals surface area contributed by atoms with Gasteiger partial charge in [0.2, 0.25) is 0 Å². The van der Waals surface area contributed by atoms with Gasteiger partial charge >= 0.3 is 35.5 Å². The van der Waals surface area contributed by atoms with Crippen molar-refractivity contribution in [2.45, 2.75) is 115 Å². The molecule has 0 aromatic heterocycles. The van der Waals surface area contributed by atoms with Crippen LogP contribution in [-0.2, 0) is 30.6 Å². The van der Waals surface area contributed by atoms with E-state index in [4.69, 9.17) is 14.0 Å². The van der Waals surface area contributed by atoms with Crippen LogP contribution >= 0.6 is 6.72 Å². The third-order valence-corrected chi connectivity index (χ3v) is 6.23. The number of carbonyl (C=O) groups is 1. The Hall–Kier alpha value is 0.700. The van der Waals surface area contributed by atoms with E-state index in [2.05, 4.69) is 30.9 Å². The Labute approximate surface area is 222 Å². The summed E-state index contributed by atoms with van der Waals surface area (Å²) in [4.78, 5) is 32.6. The number of hydrogen-bond donors (Lipinski definition) is 1. The third kappa shape index (κ3) is 19.1. The Kier molecular flexibility index (Phi) is 21.5. The van der Waals surface area contributed by atoms with Crippen LogP contribution in [0.3, 0.4) is 0 Å². The third-order valence-electron chi connectivity index (χ3n) is 5.44. The average Bonchev–Trinajstić information content (AvgIpc) is 2.71. The summed E-state index contributed by atoms with van der Waals surface area (Å²) >= 11 is 4.41. The van der Waals surface area contributed by atoms with Crippen molar-refractivity contribution in [1.82, 2.24) is 0 Å². The van der Waals surface area contributed by atoms with Crippen molar-refractivity contribution in [2.75, 3.05) is 13.2 Å². The zero-order chi connectivity index (χ0) is 22.8. The molecule has 0 radical (unpaired) electrons. The first-order chi connectivity index (χ1) is 14.9. The van der Waals surface area contributed by atoms with Crippen LogP contribution in [0, 0.1) is 0 Å². The van der Waals surface area contributed by atoms with E-state index in [1.807, 2.05) is 0 Å². The Morgan fingerprint density at radius 2 is 1.59 bits per heavy atom. The molecular formula is C23H42NaO6PS. The molecule has 0 aromatic rings. The molecule has 182 valence electrons. The molecule has 6 nitrogen and oxygen atoms in total. The Bertz CT molecular complexity index is 543. The largest absolute Gasteiger partial charge is 1.00 e. The van der Waals surface area contributed by atoms with Crippen LogP contribution in [0.2, 0.25) is 0 Å². The van der Waals surface area contributed by atoms with E-state index in [0.717, 1.165) is 25.7 Å². The van der Waals surface area contributed by atoms with Gasteiger partial charge in [0.15, 0.2) is 6.10 Å². The van der Waals surface area contributed by atoms with Crippen molar-refractivity contribution >= 4 is 24.5 Å². The Morgan fingerprint density at radius 3 is 2.19 bits per heavy atom. The molecule has 0 bridgehead atoms. The van der Waals surface area contributed by atoms with Gasteiger partial charge in [-0.3, -0.25) is 4.79 Å². The van der Waals surface area contributed by atoms with Crippen LogP contribution in [0.4, 0.5) is 0 Å². The standard InChI is InChI=1S/C23H43O6PS.Na/c1-2-3-4-5-6-7-8-9-10-11-12-13-14-15-16-17-23(24)28-22-20-27-19-18-21(22)29-30(25,26)31;/h9-10,21-22H,2-8,11-20H2,1H3,(H2,25,26,31);/q;+1/p-1/b10-9-;/t21-,22+;/m0./s1. The summed E-state index contributed by atoms with van der Waals surface area (Å²) in [6, 6.07) is 0. The zero-order valence-electron chi connectivity index (χ0n) is 20.2. The van der Waals surface area contributed by atoms with E-state index in [1.54, 1.807) is 0 Å². The molecular weight excluding hydrogens is 458 g/mol. The Balaban J connectivity index is 0.00000961. The van der Waals surface area contributed by atoms with E-state index >= 15 is 0 Å². The predicted octanol–water partition coefficient (Wildman–Crippen LogP) is 2.32. The number of allylic oxidation sites excluding steroid dienone is 2. The minimum absolute atomic E-state index is 0. The van der Waals surface area contributed by atoms with Gasteiger partial charge in [0, 0.05) is 19.4 Å². The summed E-state index contributed by atoms with van der Waals surface area (Å²) in [5, 5.41) is 0. The first-order valence-electron chi connectivity index (χ1n) is 12.1. The molecule has 1 rings (SSSR count). The maximum atomic E-state index is 12.1. The molecule has 0 saturated carbocycles. The SMILES string of the molecule is CCCCCCCC/C=C\CCCCCCCC(=O)O[C@@H]1COCC[C@@H]1OP([O-])(O)=S.[Na+]. The number of esters is 1. The summed E-state index contributed by atoms with van der Waals surface area (Å²) < 4.78 is 15.7. The van der Waals surface area contributed by atoms with Crippen LogP contribution in [0.15, 0.2) is 12.2 Å². The second kappa shape index (κ2) is 21.0. The normalized spacial score (nSPS) is 20.6. The molecule has 1 aliphatic heterocycles. The van der Waals surface area contributed by atoms with Gasteiger partial charge in [0.25, 0.3) is 0 Å². The van der Waals surface area contributed by atoms with E-state index in [9.17, 15) is 14.6 Å². The number of carbonyl (C=O) groups excluding carboxylic acids is 1. The molecule has 3 atom stereocenters. The van der Waals surface area contributed by atoms with Crippen molar-refractivity contribution in [3.05, 3.63) is 12.2 Å². The summed E-state index contributed by atoms with van der Waals surface area (Å²) in [5.74, 6) is -0.320. The topological polar surface area (TPSA) is 88.1 Å². The van der Waals surface area contributed by atoms with Crippen LogP contribution in [0.25, 0.3) is 0 Å². The molecule has 1 saturated heterocycles. The monoisotopic (exact) mass is 500 g/mol. The first kappa shape index (κ1) is 32.7. The number of rotatable bonds is 18. The fraction of sp³-hybridized carbons (Fsp3) is 0.870. The number of ether oxygens (including phenoxy) is 2. The van der Waals surface area contributed by atoms with Crippen molar-refractivity contribution in [3.63, 3.8) is 0 Å². The second-order valence-electron chi connectivity index (χ2n) is 8.34. The van der Waals surface area contributed by atoms with Crippen LogP contribution < -0.4 is 34.5 Å². The van der Waals surface area contributed by atoms with Gasteiger partial charge in [-0.15, -0.1) is 0 Å². The second-order valence-corrected chi connectivity index (χ2v) is 10.9. The molecule has 1 fully saturated rings. The molecule has 0 spiro atoms. The summed E-state index contributed by atoms with van der Waals surface area (Å²) in [6.07, 6.45) is 19.7. The smallest absolute Gasteiger partial charge is 0.780 e. The summed E-state index contributed by atoms with van der Waals surface area (Å²) in [6.45, 7) is -1.23. The van der Waals surface area contributed by atoms with Crippen molar-refractivity contribution in [3.8, 4) is 0 Å².